The van der Waals surface area contributed by atoms with Crippen molar-refractivity contribution in [2.24, 2.45) is 0 Å². The van der Waals surface area contributed by atoms with Crippen molar-refractivity contribution in [1.29, 1.82) is 0 Å². The molecule has 0 unspecified atom stereocenters. The standard InChI is InChI=1S/C16H26N2/c1-16(2,3)15-7-5-4-6-13(15)12-17-10-11-18-14-8-9-14/h4-7,14,17-18H,8-12H2,1-3H3. The maximum atomic E-state index is 3.53. The van der Waals surface area contributed by atoms with Gasteiger partial charge < -0.3 is 10.6 Å². The lowest BCUT2D eigenvalue weighted by atomic mass is 9.84. The van der Waals surface area contributed by atoms with Crippen molar-refractivity contribution in [2.75, 3.05) is 13.1 Å². The van der Waals surface area contributed by atoms with Crippen molar-refractivity contribution < 1.29 is 0 Å². The predicted octanol–water partition coefficient (Wildman–Crippen LogP) is 2.83. The van der Waals surface area contributed by atoms with Gasteiger partial charge in [-0.1, -0.05) is 45.0 Å². The van der Waals surface area contributed by atoms with E-state index in [4.69, 9.17) is 0 Å². The summed E-state index contributed by atoms with van der Waals surface area (Å²) in [6.45, 7) is 9.94. The SMILES string of the molecule is CC(C)(C)c1ccccc1CNCCNC1CC1. The Morgan fingerprint density at radius 1 is 1.11 bits per heavy atom. The minimum Gasteiger partial charge on any atom is -0.313 e. The Bertz CT molecular complexity index is 375. The molecule has 1 aliphatic rings. The van der Waals surface area contributed by atoms with E-state index < -0.39 is 0 Å². The molecule has 2 nitrogen and oxygen atoms in total. The zero-order valence-corrected chi connectivity index (χ0v) is 11.9. The molecular formula is C16H26N2. The van der Waals surface area contributed by atoms with Crippen LogP contribution in [0.25, 0.3) is 0 Å². The number of hydrogen-bond acceptors (Lipinski definition) is 2. The summed E-state index contributed by atoms with van der Waals surface area (Å²) in [5.41, 5.74) is 3.11. The highest BCUT2D eigenvalue weighted by atomic mass is 15.0. The summed E-state index contributed by atoms with van der Waals surface area (Å²) in [5.74, 6) is 0. The van der Waals surface area contributed by atoms with Crippen LogP contribution in [0.4, 0.5) is 0 Å². The zero-order chi connectivity index (χ0) is 13.0. The van der Waals surface area contributed by atoms with Crippen LogP contribution in [0.2, 0.25) is 0 Å². The van der Waals surface area contributed by atoms with Crippen LogP contribution in [0.15, 0.2) is 24.3 Å². The largest absolute Gasteiger partial charge is 0.313 e. The Labute approximate surface area is 111 Å². The first-order chi connectivity index (χ1) is 8.57. The Balaban J connectivity index is 1.80. The molecule has 2 N–H and O–H groups in total. The van der Waals surface area contributed by atoms with E-state index >= 15 is 0 Å². The van der Waals surface area contributed by atoms with Gasteiger partial charge in [-0.3, -0.25) is 0 Å². The molecule has 0 heterocycles. The number of benzene rings is 1. The van der Waals surface area contributed by atoms with Gasteiger partial charge in [-0.25, -0.2) is 0 Å². The highest BCUT2D eigenvalue weighted by Crippen LogP contribution is 2.25. The van der Waals surface area contributed by atoms with Gasteiger partial charge in [0.2, 0.25) is 0 Å². The first kappa shape index (κ1) is 13.6. The van der Waals surface area contributed by atoms with Crippen LogP contribution in [-0.2, 0) is 12.0 Å². The van der Waals surface area contributed by atoms with Crippen LogP contribution in [0.1, 0.15) is 44.7 Å². The molecule has 0 radical (unpaired) electrons. The lowest BCUT2D eigenvalue weighted by molar-refractivity contribution is 0.566. The van der Waals surface area contributed by atoms with Gasteiger partial charge >= 0.3 is 0 Å². The normalized spacial score (nSPS) is 15.9. The molecule has 1 aromatic carbocycles. The van der Waals surface area contributed by atoms with Gasteiger partial charge in [0, 0.05) is 25.7 Å². The van der Waals surface area contributed by atoms with Gasteiger partial charge in [-0.15, -0.1) is 0 Å². The second-order valence-corrected chi connectivity index (χ2v) is 6.31. The van der Waals surface area contributed by atoms with Crippen LogP contribution in [0, 0.1) is 0 Å². The fourth-order valence-electron chi connectivity index (χ4n) is 2.28. The van der Waals surface area contributed by atoms with E-state index in [2.05, 4.69) is 55.7 Å². The maximum absolute atomic E-state index is 3.53. The van der Waals surface area contributed by atoms with Crippen molar-refractivity contribution in [3.8, 4) is 0 Å². The molecule has 0 bridgehead atoms. The van der Waals surface area contributed by atoms with Crippen molar-refractivity contribution in [3.05, 3.63) is 35.4 Å². The van der Waals surface area contributed by atoms with Crippen molar-refractivity contribution in [2.45, 2.75) is 51.6 Å². The van der Waals surface area contributed by atoms with Gasteiger partial charge in [0.25, 0.3) is 0 Å². The molecule has 0 spiro atoms. The first-order valence-electron chi connectivity index (χ1n) is 7.10. The summed E-state index contributed by atoms with van der Waals surface area (Å²) in [6, 6.07) is 9.57. The topological polar surface area (TPSA) is 24.1 Å². The molecule has 2 heteroatoms. The number of hydrogen-bond donors (Lipinski definition) is 2. The minimum absolute atomic E-state index is 0.227. The molecule has 100 valence electrons. The van der Waals surface area contributed by atoms with Crippen molar-refractivity contribution >= 4 is 0 Å². The van der Waals surface area contributed by atoms with E-state index in [0.29, 0.717) is 0 Å². The third-order valence-electron chi connectivity index (χ3n) is 3.45. The molecule has 0 atom stereocenters. The number of nitrogens with one attached hydrogen (secondary N) is 2. The van der Waals surface area contributed by atoms with Crippen LogP contribution in [0.5, 0.6) is 0 Å². The summed E-state index contributed by atoms with van der Waals surface area (Å²) < 4.78 is 0. The van der Waals surface area contributed by atoms with E-state index in [1.807, 2.05) is 0 Å². The van der Waals surface area contributed by atoms with E-state index in [-0.39, 0.29) is 5.41 Å². The zero-order valence-electron chi connectivity index (χ0n) is 11.9. The van der Waals surface area contributed by atoms with E-state index in [1.54, 1.807) is 0 Å². The van der Waals surface area contributed by atoms with E-state index in [1.165, 1.54) is 24.0 Å². The lowest BCUT2D eigenvalue weighted by Gasteiger charge is -2.23. The molecule has 1 fully saturated rings. The van der Waals surface area contributed by atoms with Crippen LogP contribution in [0.3, 0.4) is 0 Å². The maximum Gasteiger partial charge on any atom is 0.0208 e. The van der Waals surface area contributed by atoms with Crippen molar-refractivity contribution in [3.63, 3.8) is 0 Å². The average Bonchev–Trinajstić information content (AvgIpc) is 3.12. The molecule has 18 heavy (non-hydrogen) atoms. The Morgan fingerprint density at radius 3 is 2.50 bits per heavy atom. The van der Waals surface area contributed by atoms with Gasteiger partial charge in [0.05, 0.1) is 0 Å². The van der Waals surface area contributed by atoms with Gasteiger partial charge in [-0.05, 0) is 29.4 Å². The average molecular weight is 246 g/mol. The third kappa shape index (κ3) is 4.11. The predicted molar refractivity (Wildman–Crippen MR) is 77.9 cm³/mol. The molecule has 0 amide bonds. The second-order valence-electron chi connectivity index (χ2n) is 6.31. The molecule has 1 saturated carbocycles. The highest BCUT2D eigenvalue weighted by Gasteiger charge is 2.19. The fraction of sp³-hybridized carbons (Fsp3) is 0.625. The summed E-state index contributed by atoms with van der Waals surface area (Å²) in [7, 11) is 0. The van der Waals surface area contributed by atoms with E-state index in [9.17, 15) is 0 Å². The van der Waals surface area contributed by atoms with Gasteiger partial charge in [0.15, 0.2) is 0 Å². The smallest absolute Gasteiger partial charge is 0.0208 e. The molecule has 0 aromatic heterocycles. The molecule has 2 rings (SSSR count). The molecule has 0 aliphatic heterocycles. The first-order valence-corrected chi connectivity index (χ1v) is 7.10. The Kier molecular flexibility index (Phi) is 4.41. The quantitative estimate of drug-likeness (QED) is 0.754. The summed E-state index contributed by atoms with van der Waals surface area (Å²) in [4.78, 5) is 0. The van der Waals surface area contributed by atoms with Crippen LogP contribution >= 0.6 is 0 Å². The third-order valence-corrected chi connectivity index (χ3v) is 3.45. The van der Waals surface area contributed by atoms with Gasteiger partial charge in [0.1, 0.15) is 0 Å². The minimum atomic E-state index is 0.227. The summed E-state index contributed by atoms with van der Waals surface area (Å²) in [5, 5.41) is 7.06. The lowest BCUT2D eigenvalue weighted by Crippen LogP contribution is -2.29. The second kappa shape index (κ2) is 5.85. The molecular weight excluding hydrogens is 220 g/mol. The summed E-state index contributed by atoms with van der Waals surface area (Å²) >= 11 is 0. The Morgan fingerprint density at radius 2 is 1.83 bits per heavy atom. The van der Waals surface area contributed by atoms with E-state index in [0.717, 1.165) is 25.7 Å². The summed E-state index contributed by atoms with van der Waals surface area (Å²) in [6.07, 6.45) is 2.74. The number of rotatable bonds is 6. The van der Waals surface area contributed by atoms with Gasteiger partial charge in [-0.2, -0.15) is 0 Å². The molecule has 0 saturated heterocycles. The molecule has 1 aliphatic carbocycles. The fourth-order valence-corrected chi connectivity index (χ4v) is 2.28. The van der Waals surface area contributed by atoms with Crippen LogP contribution < -0.4 is 10.6 Å². The van der Waals surface area contributed by atoms with Crippen molar-refractivity contribution in [1.82, 2.24) is 10.6 Å². The Hall–Kier alpha value is -0.860. The monoisotopic (exact) mass is 246 g/mol. The highest BCUT2D eigenvalue weighted by molar-refractivity contribution is 5.32. The van der Waals surface area contributed by atoms with Crippen LogP contribution in [-0.4, -0.2) is 19.1 Å². The molecule has 1 aromatic rings.